The van der Waals surface area contributed by atoms with Crippen LogP contribution in [0.2, 0.25) is 0 Å². The number of aryl methyl sites for hydroxylation is 1. The summed E-state index contributed by atoms with van der Waals surface area (Å²) in [6.07, 6.45) is 6.47. The molecule has 1 N–H and O–H groups in total. The second kappa shape index (κ2) is 7.45. The van der Waals surface area contributed by atoms with E-state index in [0.29, 0.717) is 0 Å². The van der Waals surface area contributed by atoms with Crippen molar-refractivity contribution in [3.8, 4) is 0 Å². The molecule has 0 fully saturated rings. The Hall–Kier alpha value is -0.820. The fourth-order valence-corrected chi connectivity index (χ4v) is 1.95. The number of hydrogen-bond donors (Lipinski definition) is 1. The molecule has 16 heavy (non-hydrogen) atoms. The van der Waals surface area contributed by atoms with Gasteiger partial charge in [0.05, 0.1) is 6.10 Å². The number of aliphatic hydroxyl groups excluding tert-OH is 1. The van der Waals surface area contributed by atoms with E-state index in [1.165, 1.54) is 24.8 Å². The summed E-state index contributed by atoms with van der Waals surface area (Å²) in [5.74, 6) is 0. The molecule has 1 nitrogen and oxygen atoms in total. The summed E-state index contributed by atoms with van der Waals surface area (Å²) in [4.78, 5) is 0. The first-order valence-electron chi connectivity index (χ1n) is 6.54. The fourth-order valence-electron chi connectivity index (χ4n) is 1.95. The average molecular weight is 220 g/mol. The second-order valence-corrected chi connectivity index (χ2v) is 4.50. The SMILES string of the molecule is CCCCCC(O)c1ccc(CCC)cc1. The van der Waals surface area contributed by atoms with Gasteiger partial charge in [-0.3, -0.25) is 0 Å². The number of aliphatic hydroxyl groups is 1. The number of hydrogen-bond acceptors (Lipinski definition) is 1. The van der Waals surface area contributed by atoms with Crippen LogP contribution in [-0.2, 0) is 6.42 Å². The van der Waals surface area contributed by atoms with Crippen LogP contribution < -0.4 is 0 Å². The highest BCUT2D eigenvalue weighted by molar-refractivity contribution is 5.24. The van der Waals surface area contributed by atoms with Gasteiger partial charge in [-0.2, -0.15) is 0 Å². The van der Waals surface area contributed by atoms with E-state index in [0.717, 1.165) is 24.8 Å². The third-order valence-electron chi connectivity index (χ3n) is 2.98. The zero-order valence-electron chi connectivity index (χ0n) is 10.6. The number of rotatable bonds is 7. The average Bonchev–Trinajstić information content (AvgIpc) is 2.30. The lowest BCUT2D eigenvalue weighted by Gasteiger charge is -2.11. The molecule has 0 aromatic heterocycles. The minimum absolute atomic E-state index is 0.276. The smallest absolute Gasteiger partial charge is 0.0790 e. The number of unbranched alkanes of at least 4 members (excludes halogenated alkanes) is 2. The van der Waals surface area contributed by atoms with Crippen molar-refractivity contribution in [3.63, 3.8) is 0 Å². The zero-order chi connectivity index (χ0) is 11.8. The van der Waals surface area contributed by atoms with Crippen LogP contribution in [-0.4, -0.2) is 5.11 Å². The fraction of sp³-hybridized carbons (Fsp3) is 0.600. The first-order chi connectivity index (χ1) is 7.77. The molecule has 1 heteroatoms. The predicted octanol–water partition coefficient (Wildman–Crippen LogP) is 4.25. The summed E-state index contributed by atoms with van der Waals surface area (Å²) in [5.41, 5.74) is 2.43. The first-order valence-corrected chi connectivity index (χ1v) is 6.54. The van der Waals surface area contributed by atoms with E-state index in [4.69, 9.17) is 0 Å². The van der Waals surface area contributed by atoms with E-state index in [1.54, 1.807) is 0 Å². The lowest BCUT2D eigenvalue weighted by molar-refractivity contribution is 0.163. The molecular formula is C15H24O. The Morgan fingerprint density at radius 1 is 1.00 bits per heavy atom. The molecule has 0 aliphatic carbocycles. The van der Waals surface area contributed by atoms with Gasteiger partial charge in [0.25, 0.3) is 0 Å². The van der Waals surface area contributed by atoms with Crippen LogP contribution in [0.5, 0.6) is 0 Å². The predicted molar refractivity (Wildman–Crippen MR) is 69.5 cm³/mol. The Morgan fingerprint density at radius 2 is 1.69 bits per heavy atom. The van der Waals surface area contributed by atoms with Gasteiger partial charge in [-0.1, -0.05) is 63.8 Å². The molecule has 1 aromatic rings. The van der Waals surface area contributed by atoms with Gasteiger partial charge in [0.2, 0.25) is 0 Å². The Balaban J connectivity index is 2.46. The molecule has 0 saturated carbocycles. The Bertz CT molecular complexity index is 276. The van der Waals surface area contributed by atoms with Crippen molar-refractivity contribution in [2.75, 3.05) is 0 Å². The van der Waals surface area contributed by atoms with Gasteiger partial charge < -0.3 is 5.11 Å². The zero-order valence-corrected chi connectivity index (χ0v) is 10.6. The van der Waals surface area contributed by atoms with Gasteiger partial charge in [-0.05, 0) is 24.0 Å². The van der Waals surface area contributed by atoms with Gasteiger partial charge in [0.1, 0.15) is 0 Å². The molecule has 1 aromatic carbocycles. The molecule has 0 heterocycles. The van der Waals surface area contributed by atoms with E-state index >= 15 is 0 Å². The summed E-state index contributed by atoms with van der Waals surface area (Å²) in [5, 5.41) is 9.97. The van der Waals surface area contributed by atoms with Crippen LogP contribution in [0.15, 0.2) is 24.3 Å². The first kappa shape index (κ1) is 13.2. The molecule has 90 valence electrons. The van der Waals surface area contributed by atoms with E-state index in [1.807, 2.05) is 0 Å². The summed E-state index contributed by atoms with van der Waals surface area (Å²) in [6, 6.07) is 8.42. The molecule has 1 atom stereocenters. The van der Waals surface area contributed by atoms with Crippen LogP contribution in [0.4, 0.5) is 0 Å². The number of benzene rings is 1. The van der Waals surface area contributed by atoms with Gasteiger partial charge in [0, 0.05) is 0 Å². The lowest BCUT2D eigenvalue weighted by atomic mass is 10.0. The van der Waals surface area contributed by atoms with Gasteiger partial charge in [-0.25, -0.2) is 0 Å². The van der Waals surface area contributed by atoms with Gasteiger partial charge in [0.15, 0.2) is 0 Å². The molecule has 0 bridgehead atoms. The maximum Gasteiger partial charge on any atom is 0.0790 e. The third-order valence-corrected chi connectivity index (χ3v) is 2.98. The maximum absolute atomic E-state index is 9.97. The summed E-state index contributed by atoms with van der Waals surface area (Å²) < 4.78 is 0. The van der Waals surface area contributed by atoms with Crippen molar-refractivity contribution in [2.24, 2.45) is 0 Å². The monoisotopic (exact) mass is 220 g/mol. The van der Waals surface area contributed by atoms with Crippen molar-refractivity contribution in [2.45, 2.75) is 58.5 Å². The third kappa shape index (κ3) is 4.36. The minimum Gasteiger partial charge on any atom is -0.388 e. The molecule has 0 amide bonds. The standard InChI is InChI=1S/C15H24O/c1-3-5-6-8-15(16)14-11-9-13(7-4-2)10-12-14/h9-12,15-16H,3-8H2,1-2H3. The quantitative estimate of drug-likeness (QED) is 0.681. The summed E-state index contributed by atoms with van der Waals surface area (Å²) in [6.45, 7) is 4.37. The van der Waals surface area contributed by atoms with Gasteiger partial charge in [-0.15, -0.1) is 0 Å². The maximum atomic E-state index is 9.97. The van der Waals surface area contributed by atoms with Crippen LogP contribution >= 0.6 is 0 Å². The van der Waals surface area contributed by atoms with Gasteiger partial charge >= 0.3 is 0 Å². The highest BCUT2D eigenvalue weighted by atomic mass is 16.3. The van der Waals surface area contributed by atoms with Crippen molar-refractivity contribution < 1.29 is 5.11 Å². The second-order valence-electron chi connectivity index (χ2n) is 4.50. The van der Waals surface area contributed by atoms with Crippen molar-refractivity contribution in [1.82, 2.24) is 0 Å². The molecule has 0 radical (unpaired) electrons. The van der Waals surface area contributed by atoms with Crippen molar-refractivity contribution in [3.05, 3.63) is 35.4 Å². The molecule has 0 aliphatic heterocycles. The molecule has 1 unspecified atom stereocenters. The van der Waals surface area contributed by atoms with E-state index < -0.39 is 0 Å². The molecular weight excluding hydrogens is 196 g/mol. The summed E-state index contributed by atoms with van der Waals surface area (Å²) >= 11 is 0. The van der Waals surface area contributed by atoms with Crippen LogP contribution in [0.25, 0.3) is 0 Å². The topological polar surface area (TPSA) is 20.2 Å². The van der Waals surface area contributed by atoms with Crippen molar-refractivity contribution in [1.29, 1.82) is 0 Å². The normalized spacial score (nSPS) is 12.7. The Morgan fingerprint density at radius 3 is 2.25 bits per heavy atom. The van der Waals surface area contributed by atoms with Crippen LogP contribution in [0, 0.1) is 0 Å². The Kier molecular flexibility index (Phi) is 6.17. The molecule has 0 aliphatic rings. The van der Waals surface area contributed by atoms with Crippen LogP contribution in [0.3, 0.4) is 0 Å². The molecule has 0 saturated heterocycles. The Labute approximate surface area is 99.5 Å². The lowest BCUT2D eigenvalue weighted by Crippen LogP contribution is -1.97. The van der Waals surface area contributed by atoms with Crippen LogP contribution in [0.1, 0.15) is 63.2 Å². The van der Waals surface area contributed by atoms with E-state index in [9.17, 15) is 5.11 Å². The largest absolute Gasteiger partial charge is 0.388 e. The molecule has 1 rings (SSSR count). The highest BCUT2D eigenvalue weighted by Gasteiger charge is 2.06. The van der Waals surface area contributed by atoms with E-state index in [2.05, 4.69) is 38.1 Å². The van der Waals surface area contributed by atoms with Crippen molar-refractivity contribution >= 4 is 0 Å². The summed E-state index contributed by atoms with van der Waals surface area (Å²) in [7, 11) is 0. The molecule has 0 spiro atoms. The van der Waals surface area contributed by atoms with E-state index in [-0.39, 0.29) is 6.10 Å². The minimum atomic E-state index is -0.276. The highest BCUT2D eigenvalue weighted by Crippen LogP contribution is 2.20.